The average Bonchev–Trinajstić information content (AvgIpc) is 2.81. The highest BCUT2D eigenvalue weighted by Crippen LogP contribution is 2.30. The maximum absolute atomic E-state index is 13.9. The summed E-state index contributed by atoms with van der Waals surface area (Å²) in [7, 11) is 0. The Kier molecular flexibility index (Phi) is 4.55. The van der Waals surface area contributed by atoms with E-state index in [-0.39, 0.29) is 11.6 Å². The molecule has 1 aromatic rings. The van der Waals surface area contributed by atoms with E-state index in [0.717, 1.165) is 25.8 Å². The van der Waals surface area contributed by atoms with Crippen LogP contribution in [0.1, 0.15) is 44.6 Å². The van der Waals surface area contributed by atoms with E-state index in [2.05, 4.69) is 17.1 Å². The van der Waals surface area contributed by atoms with Gasteiger partial charge in [0.25, 0.3) is 0 Å². The Bertz CT molecular complexity index is 480. The molecule has 4 heteroatoms. The number of fused-ring (bicyclic) bond motifs is 2. The average molecular weight is 294 g/mol. The minimum atomic E-state index is -0.353. The number of halogens is 2. The van der Waals surface area contributed by atoms with Crippen molar-refractivity contribution in [3.63, 3.8) is 0 Å². The van der Waals surface area contributed by atoms with E-state index in [4.69, 9.17) is 0 Å². The van der Waals surface area contributed by atoms with Crippen LogP contribution in [0, 0.1) is 11.6 Å². The molecule has 0 radical (unpaired) electrons. The summed E-state index contributed by atoms with van der Waals surface area (Å²) in [6, 6.07) is 5.49. The van der Waals surface area contributed by atoms with Crippen molar-refractivity contribution in [3.8, 4) is 0 Å². The minimum Gasteiger partial charge on any atom is -0.311 e. The first kappa shape index (κ1) is 14.9. The smallest absolute Gasteiger partial charge is 0.127 e. The van der Waals surface area contributed by atoms with Crippen LogP contribution in [0.4, 0.5) is 8.78 Å². The fourth-order valence-electron chi connectivity index (χ4n) is 3.89. The van der Waals surface area contributed by atoms with Crippen LogP contribution in [-0.2, 0) is 6.54 Å². The monoisotopic (exact) mass is 294 g/mol. The van der Waals surface area contributed by atoms with Gasteiger partial charge in [-0.15, -0.1) is 0 Å². The molecule has 2 unspecified atom stereocenters. The van der Waals surface area contributed by atoms with Gasteiger partial charge in [-0.3, -0.25) is 4.90 Å². The van der Waals surface area contributed by atoms with E-state index in [1.165, 1.54) is 31.0 Å². The molecule has 0 amide bonds. The second-order valence-corrected chi connectivity index (χ2v) is 6.47. The van der Waals surface area contributed by atoms with Crippen molar-refractivity contribution >= 4 is 0 Å². The van der Waals surface area contributed by atoms with Crippen molar-refractivity contribution in [1.82, 2.24) is 10.2 Å². The van der Waals surface area contributed by atoms with Crippen molar-refractivity contribution in [1.29, 1.82) is 0 Å². The Morgan fingerprint density at radius 3 is 2.57 bits per heavy atom. The quantitative estimate of drug-likeness (QED) is 0.894. The van der Waals surface area contributed by atoms with Crippen molar-refractivity contribution < 1.29 is 8.78 Å². The summed E-state index contributed by atoms with van der Waals surface area (Å²) >= 11 is 0. The molecule has 1 aromatic carbocycles. The molecule has 3 rings (SSSR count). The van der Waals surface area contributed by atoms with Gasteiger partial charge in [0.1, 0.15) is 11.6 Å². The number of nitrogens with one attached hydrogen (secondary N) is 1. The summed E-state index contributed by atoms with van der Waals surface area (Å²) in [6.07, 6.45) is 5.82. The zero-order valence-electron chi connectivity index (χ0n) is 12.6. The van der Waals surface area contributed by atoms with Crippen molar-refractivity contribution in [2.75, 3.05) is 6.54 Å². The SMILES string of the molecule is CCCN(Cc1cc(F)ccc1F)C1CC2CCC(C1)N2. The lowest BCUT2D eigenvalue weighted by atomic mass is 9.97. The maximum atomic E-state index is 13.9. The van der Waals surface area contributed by atoms with Gasteiger partial charge < -0.3 is 5.32 Å². The Labute approximate surface area is 125 Å². The number of piperidine rings is 1. The molecule has 0 spiro atoms. The Morgan fingerprint density at radius 2 is 1.90 bits per heavy atom. The van der Waals surface area contributed by atoms with Gasteiger partial charge in [-0.2, -0.15) is 0 Å². The van der Waals surface area contributed by atoms with E-state index in [1.807, 2.05) is 0 Å². The van der Waals surface area contributed by atoms with E-state index in [0.29, 0.717) is 30.2 Å². The van der Waals surface area contributed by atoms with Crippen LogP contribution in [0.3, 0.4) is 0 Å². The molecular formula is C17H24F2N2. The molecule has 2 saturated heterocycles. The zero-order chi connectivity index (χ0) is 14.8. The lowest BCUT2D eigenvalue weighted by Gasteiger charge is -2.38. The molecule has 2 aliphatic heterocycles. The zero-order valence-corrected chi connectivity index (χ0v) is 12.6. The van der Waals surface area contributed by atoms with Crippen LogP contribution in [0.5, 0.6) is 0 Å². The van der Waals surface area contributed by atoms with E-state index >= 15 is 0 Å². The first-order valence-corrected chi connectivity index (χ1v) is 8.09. The number of hydrogen-bond donors (Lipinski definition) is 1. The summed E-state index contributed by atoms with van der Waals surface area (Å²) < 4.78 is 27.3. The molecule has 2 fully saturated rings. The highest BCUT2D eigenvalue weighted by molar-refractivity contribution is 5.19. The van der Waals surface area contributed by atoms with Gasteiger partial charge in [0.2, 0.25) is 0 Å². The maximum Gasteiger partial charge on any atom is 0.127 e. The Morgan fingerprint density at radius 1 is 1.19 bits per heavy atom. The van der Waals surface area contributed by atoms with Gasteiger partial charge in [-0.25, -0.2) is 8.78 Å². The number of benzene rings is 1. The molecular weight excluding hydrogens is 270 g/mol. The first-order chi connectivity index (χ1) is 10.2. The van der Waals surface area contributed by atoms with Crippen LogP contribution < -0.4 is 5.32 Å². The predicted molar refractivity (Wildman–Crippen MR) is 80.0 cm³/mol. The summed E-state index contributed by atoms with van der Waals surface area (Å²) in [5, 5.41) is 3.64. The van der Waals surface area contributed by atoms with Crippen LogP contribution in [0.2, 0.25) is 0 Å². The van der Waals surface area contributed by atoms with Gasteiger partial charge >= 0.3 is 0 Å². The fourth-order valence-corrected chi connectivity index (χ4v) is 3.89. The molecule has 116 valence electrons. The van der Waals surface area contributed by atoms with Crippen LogP contribution in [0.25, 0.3) is 0 Å². The summed E-state index contributed by atoms with van der Waals surface area (Å²) in [6.45, 7) is 3.60. The number of rotatable bonds is 5. The molecule has 2 heterocycles. The standard InChI is InChI=1S/C17H24F2N2/c1-2-7-21(11-12-8-13(18)3-6-17(12)19)16-9-14-4-5-15(10-16)20-14/h3,6,8,14-16,20H,2,4-5,7,9-11H2,1H3. The predicted octanol–water partition coefficient (Wildman–Crippen LogP) is 3.46. The van der Waals surface area contributed by atoms with Gasteiger partial charge in [0, 0.05) is 30.2 Å². The van der Waals surface area contributed by atoms with Crippen LogP contribution in [0.15, 0.2) is 18.2 Å². The lowest BCUT2D eigenvalue weighted by molar-refractivity contribution is 0.132. The number of nitrogens with zero attached hydrogens (tertiary/aromatic N) is 1. The molecule has 2 aliphatic rings. The molecule has 21 heavy (non-hydrogen) atoms. The van der Waals surface area contributed by atoms with Crippen molar-refractivity contribution in [2.45, 2.75) is 63.7 Å². The van der Waals surface area contributed by atoms with Gasteiger partial charge in [0.15, 0.2) is 0 Å². The van der Waals surface area contributed by atoms with Crippen LogP contribution >= 0.6 is 0 Å². The molecule has 2 bridgehead atoms. The topological polar surface area (TPSA) is 15.3 Å². The molecule has 0 aliphatic carbocycles. The molecule has 1 N–H and O–H groups in total. The van der Waals surface area contributed by atoms with E-state index in [9.17, 15) is 8.78 Å². The van der Waals surface area contributed by atoms with Gasteiger partial charge in [-0.05, 0) is 56.8 Å². The minimum absolute atomic E-state index is 0.297. The third-order valence-electron chi connectivity index (χ3n) is 4.86. The molecule has 0 saturated carbocycles. The second kappa shape index (κ2) is 6.41. The summed E-state index contributed by atoms with van der Waals surface area (Å²) in [5.41, 5.74) is 0.481. The normalized spacial score (nSPS) is 28.3. The first-order valence-electron chi connectivity index (χ1n) is 8.09. The van der Waals surface area contributed by atoms with E-state index in [1.54, 1.807) is 0 Å². The lowest BCUT2D eigenvalue weighted by Crippen LogP contribution is -2.48. The highest BCUT2D eigenvalue weighted by Gasteiger charge is 2.35. The molecule has 2 nitrogen and oxygen atoms in total. The van der Waals surface area contributed by atoms with Gasteiger partial charge in [0.05, 0.1) is 0 Å². The highest BCUT2D eigenvalue weighted by atomic mass is 19.1. The Hall–Kier alpha value is -1.00. The van der Waals surface area contributed by atoms with E-state index < -0.39 is 0 Å². The van der Waals surface area contributed by atoms with Crippen molar-refractivity contribution in [2.24, 2.45) is 0 Å². The van der Waals surface area contributed by atoms with Crippen LogP contribution in [-0.4, -0.2) is 29.6 Å². The van der Waals surface area contributed by atoms with Crippen molar-refractivity contribution in [3.05, 3.63) is 35.4 Å². The third kappa shape index (κ3) is 3.43. The number of hydrogen-bond acceptors (Lipinski definition) is 2. The molecule has 0 aromatic heterocycles. The summed E-state index contributed by atoms with van der Waals surface area (Å²) in [4.78, 5) is 2.35. The summed E-state index contributed by atoms with van der Waals surface area (Å²) in [5.74, 6) is -0.650. The molecule has 2 atom stereocenters. The third-order valence-corrected chi connectivity index (χ3v) is 4.86. The Balaban J connectivity index is 1.73. The largest absolute Gasteiger partial charge is 0.311 e. The second-order valence-electron chi connectivity index (χ2n) is 6.47. The van der Waals surface area contributed by atoms with Gasteiger partial charge in [-0.1, -0.05) is 6.92 Å². The fraction of sp³-hybridized carbons (Fsp3) is 0.647.